The van der Waals surface area contributed by atoms with Crippen LogP contribution in [0.2, 0.25) is 0 Å². The first-order valence-electron chi connectivity index (χ1n) is 3.19. The van der Waals surface area contributed by atoms with E-state index in [-0.39, 0.29) is 11.5 Å². The molecule has 0 fully saturated rings. The van der Waals surface area contributed by atoms with Crippen LogP contribution < -0.4 is 0 Å². The molecule has 0 amide bonds. The van der Waals surface area contributed by atoms with Gasteiger partial charge in [-0.1, -0.05) is 0 Å². The fraction of sp³-hybridized carbons (Fsp3) is 0.125. The van der Waals surface area contributed by atoms with Crippen molar-refractivity contribution in [3.8, 4) is 11.5 Å². The average molecular weight is 151 g/mol. The van der Waals surface area contributed by atoms with E-state index in [4.69, 9.17) is 15.6 Å². The molecule has 0 saturated heterocycles. The number of rotatable bonds is 1. The van der Waals surface area contributed by atoms with E-state index in [1.165, 1.54) is 12.1 Å². The van der Waals surface area contributed by atoms with Crippen molar-refractivity contribution in [2.75, 3.05) is 0 Å². The summed E-state index contributed by atoms with van der Waals surface area (Å²) < 4.78 is 0. The molecular formula is C8H9NO2. The van der Waals surface area contributed by atoms with E-state index in [0.29, 0.717) is 11.3 Å². The highest BCUT2D eigenvalue weighted by atomic mass is 16.3. The smallest absolute Gasteiger partial charge is 0.158 e. The van der Waals surface area contributed by atoms with Crippen molar-refractivity contribution in [3.63, 3.8) is 0 Å². The summed E-state index contributed by atoms with van der Waals surface area (Å²) in [6.45, 7) is 1.62. The summed E-state index contributed by atoms with van der Waals surface area (Å²) in [7, 11) is 0. The summed E-state index contributed by atoms with van der Waals surface area (Å²) in [4.78, 5) is 0. The molecule has 3 heteroatoms. The minimum Gasteiger partial charge on any atom is -0.504 e. The molecule has 0 atom stereocenters. The zero-order chi connectivity index (χ0) is 8.43. The van der Waals surface area contributed by atoms with Crippen molar-refractivity contribution < 1.29 is 10.2 Å². The van der Waals surface area contributed by atoms with Gasteiger partial charge in [0.15, 0.2) is 11.5 Å². The van der Waals surface area contributed by atoms with Gasteiger partial charge in [0.2, 0.25) is 0 Å². The maximum atomic E-state index is 9.00. The van der Waals surface area contributed by atoms with Crippen LogP contribution in [0.1, 0.15) is 12.5 Å². The van der Waals surface area contributed by atoms with Gasteiger partial charge < -0.3 is 15.6 Å². The van der Waals surface area contributed by atoms with E-state index >= 15 is 0 Å². The topological polar surface area (TPSA) is 64.3 Å². The Labute approximate surface area is 64.4 Å². The van der Waals surface area contributed by atoms with Gasteiger partial charge in [-0.3, -0.25) is 0 Å². The molecule has 0 aromatic heterocycles. The van der Waals surface area contributed by atoms with Gasteiger partial charge in [0.1, 0.15) is 0 Å². The summed E-state index contributed by atoms with van der Waals surface area (Å²) in [6, 6.07) is 4.30. The monoisotopic (exact) mass is 151 g/mol. The van der Waals surface area contributed by atoms with Crippen molar-refractivity contribution in [1.82, 2.24) is 0 Å². The molecule has 3 N–H and O–H groups in total. The van der Waals surface area contributed by atoms with Gasteiger partial charge in [0, 0.05) is 5.71 Å². The van der Waals surface area contributed by atoms with Gasteiger partial charge in [-0.05, 0) is 30.7 Å². The number of hydrogen-bond donors (Lipinski definition) is 3. The van der Waals surface area contributed by atoms with Crippen molar-refractivity contribution in [2.24, 2.45) is 0 Å². The van der Waals surface area contributed by atoms with Gasteiger partial charge >= 0.3 is 0 Å². The second-order valence-corrected chi connectivity index (χ2v) is 2.33. The predicted molar refractivity (Wildman–Crippen MR) is 42.3 cm³/mol. The maximum absolute atomic E-state index is 9.00. The summed E-state index contributed by atoms with van der Waals surface area (Å²) in [6.07, 6.45) is 0. The van der Waals surface area contributed by atoms with Gasteiger partial charge in [0.05, 0.1) is 0 Å². The summed E-state index contributed by atoms with van der Waals surface area (Å²) in [5.41, 5.74) is 0.973. The second kappa shape index (κ2) is 2.62. The Morgan fingerprint density at radius 2 is 1.91 bits per heavy atom. The normalized spacial score (nSPS) is 9.55. The quantitative estimate of drug-likeness (QED) is 0.420. The summed E-state index contributed by atoms with van der Waals surface area (Å²) >= 11 is 0. The van der Waals surface area contributed by atoms with Crippen molar-refractivity contribution in [3.05, 3.63) is 23.8 Å². The zero-order valence-corrected chi connectivity index (χ0v) is 6.13. The molecule has 11 heavy (non-hydrogen) atoms. The number of hydrogen-bond acceptors (Lipinski definition) is 3. The largest absolute Gasteiger partial charge is 0.504 e. The van der Waals surface area contributed by atoms with E-state index in [0.717, 1.165) is 0 Å². The molecule has 0 radical (unpaired) electrons. The fourth-order valence-electron chi connectivity index (χ4n) is 0.757. The van der Waals surface area contributed by atoms with Crippen LogP contribution in [0.25, 0.3) is 0 Å². The minimum absolute atomic E-state index is 0.157. The van der Waals surface area contributed by atoms with Crippen LogP contribution in [0, 0.1) is 5.41 Å². The molecule has 0 saturated carbocycles. The van der Waals surface area contributed by atoms with Crippen LogP contribution in [0.15, 0.2) is 18.2 Å². The van der Waals surface area contributed by atoms with Gasteiger partial charge in [-0.2, -0.15) is 0 Å². The molecule has 1 rings (SSSR count). The standard InChI is InChI=1S/C8H9NO2/c1-5(9)6-2-3-7(10)8(11)4-6/h2-4,9-11H,1H3. The molecule has 1 aromatic carbocycles. The van der Waals surface area contributed by atoms with E-state index in [1.807, 2.05) is 0 Å². The van der Waals surface area contributed by atoms with E-state index in [2.05, 4.69) is 0 Å². The summed E-state index contributed by atoms with van der Waals surface area (Å²) in [5.74, 6) is -0.343. The molecule has 1 aromatic rings. The van der Waals surface area contributed by atoms with Crippen molar-refractivity contribution in [1.29, 1.82) is 5.41 Å². The lowest BCUT2D eigenvalue weighted by atomic mass is 10.1. The Balaban J connectivity index is 3.15. The molecule has 0 aliphatic rings. The third kappa shape index (κ3) is 1.49. The van der Waals surface area contributed by atoms with Gasteiger partial charge in [0.25, 0.3) is 0 Å². The minimum atomic E-state index is -0.186. The number of phenols is 2. The van der Waals surface area contributed by atoms with Gasteiger partial charge in [-0.25, -0.2) is 0 Å². The Hall–Kier alpha value is -1.51. The highest BCUT2D eigenvalue weighted by molar-refractivity contribution is 5.96. The Morgan fingerprint density at radius 3 is 2.36 bits per heavy atom. The SMILES string of the molecule is CC(=N)c1ccc(O)c(O)c1. The molecule has 0 aliphatic carbocycles. The number of aromatic hydroxyl groups is 2. The first-order valence-corrected chi connectivity index (χ1v) is 3.19. The lowest BCUT2D eigenvalue weighted by molar-refractivity contribution is 0.403. The van der Waals surface area contributed by atoms with Crippen LogP contribution in [-0.2, 0) is 0 Å². The van der Waals surface area contributed by atoms with E-state index < -0.39 is 0 Å². The fourth-order valence-corrected chi connectivity index (χ4v) is 0.757. The highest BCUT2D eigenvalue weighted by Gasteiger charge is 2.00. The third-order valence-corrected chi connectivity index (χ3v) is 1.41. The molecule has 3 nitrogen and oxygen atoms in total. The number of nitrogens with one attached hydrogen (secondary N) is 1. The molecule has 58 valence electrons. The Morgan fingerprint density at radius 1 is 1.27 bits per heavy atom. The lowest BCUT2D eigenvalue weighted by Crippen LogP contribution is -1.90. The number of benzene rings is 1. The highest BCUT2D eigenvalue weighted by Crippen LogP contribution is 2.24. The first kappa shape index (κ1) is 7.60. The van der Waals surface area contributed by atoms with Crippen molar-refractivity contribution in [2.45, 2.75) is 6.92 Å². The molecule has 0 aliphatic heterocycles. The molecule has 0 spiro atoms. The van der Waals surface area contributed by atoms with Crippen LogP contribution in [0.3, 0.4) is 0 Å². The van der Waals surface area contributed by atoms with E-state index in [1.54, 1.807) is 13.0 Å². The zero-order valence-electron chi connectivity index (χ0n) is 6.13. The van der Waals surface area contributed by atoms with Crippen LogP contribution in [0.5, 0.6) is 11.5 Å². The first-order chi connectivity index (χ1) is 5.11. The van der Waals surface area contributed by atoms with Gasteiger partial charge in [-0.15, -0.1) is 0 Å². The lowest BCUT2D eigenvalue weighted by Gasteiger charge is -2.00. The Kier molecular flexibility index (Phi) is 1.81. The van der Waals surface area contributed by atoms with E-state index in [9.17, 15) is 0 Å². The van der Waals surface area contributed by atoms with Crippen molar-refractivity contribution >= 4 is 5.71 Å². The molecule has 0 unspecified atom stereocenters. The molecule has 0 bridgehead atoms. The molecular weight excluding hydrogens is 142 g/mol. The van der Waals surface area contributed by atoms with Crippen LogP contribution >= 0.6 is 0 Å². The Bertz CT molecular complexity index is 294. The molecule has 0 heterocycles. The third-order valence-electron chi connectivity index (χ3n) is 1.41. The average Bonchev–Trinajstić information content (AvgIpc) is 1.94. The summed E-state index contributed by atoms with van der Waals surface area (Å²) in [5, 5.41) is 25.1. The van der Waals surface area contributed by atoms with Crippen LogP contribution in [-0.4, -0.2) is 15.9 Å². The van der Waals surface area contributed by atoms with Crippen LogP contribution in [0.4, 0.5) is 0 Å². The second-order valence-electron chi connectivity index (χ2n) is 2.33. The maximum Gasteiger partial charge on any atom is 0.158 e. The predicted octanol–water partition coefficient (Wildman–Crippen LogP) is 1.49. The number of phenolic OH excluding ortho intramolecular Hbond substituents is 2.